The van der Waals surface area contributed by atoms with E-state index in [9.17, 15) is 9.36 Å². The van der Waals surface area contributed by atoms with Crippen LogP contribution in [0.15, 0.2) is 11.1 Å². The normalized spacial score (nSPS) is 18.2. The van der Waals surface area contributed by atoms with Crippen molar-refractivity contribution in [1.82, 2.24) is 19.5 Å². The molecule has 11 heteroatoms. The van der Waals surface area contributed by atoms with Crippen LogP contribution in [0.4, 0.5) is 5.95 Å². The van der Waals surface area contributed by atoms with Crippen molar-refractivity contribution >= 4 is 24.7 Å². The Morgan fingerprint density at radius 2 is 2.26 bits per heavy atom. The molecule has 0 aromatic carbocycles. The minimum absolute atomic E-state index is 0.0130. The summed E-state index contributed by atoms with van der Waals surface area (Å²) < 4.78 is 17.8. The van der Waals surface area contributed by atoms with Gasteiger partial charge in [-0.1, -0.05) is 0 Å². The van der Waals surface area contributed by atoms with Gasteiger partial charge < -0.3 is 24.8 Å². The van der Waals surface area contributed by atoms with Crippen LogP contribution in [0.2, 0.25) is 0 Å². The zero-order valence-electron chi connectivity index (χ0n) is 12.5. The summed E-state index contributed by atoms with van der Waals surface area (Å²) in [5.74, 6) is 0.0130. The van der Waals surface area contributed by atoms with Gasteiger partial charge in [-0.2, -0.15) is 4.98 Å². The molecule has 0 bridgehead atoms. The molecule has 0 radical (unpaired) electrons. The molecule has 1 unspecified atom stereocenters. The number of H-pyrrole nitrogens is 1. The van der Waals surface area contributed by atoms with Crippen molar-refractivity contribution in [2.75, 3.05) is 18.7 Å². The van der Waals surface area contributed by atoms with Crippen LogP contribution in [0.5, 0.6) is 0 Å². The van der Waals surface area contributed by atoms with Crippen LogP contribution >= 0.6 is 7.60 Å². The van der Waals surface area contributed by atoms with E-state index < -0.39 is 19.5 Å². The van der Waals surface area contributed by atoms with Gasteiger partial charge in [0.2, 0.25) is 5.95 Å². The molecule has 2 aromatic heterocycles. The largest absolute Gasteiger partial charge is 0.369 e. The van der Waals surface area contributed by atoms with E-state index >= 15 is 0 Å². The van der Waals surface area contributed by atoms with E-state index in [1.807, 2.05) is 6.92 Å². The molecule has 2 aromatic rings. The molecule has 1 fully saturated rings. The first-order valence-corrected chi connectivity index (χ1v) is 8.86. The molecule has 3 rings (SSSR count). The van der Waals surface area contributed by atoms with Gasteiger partial charge in [0.1, 0.15) is 6.35 Å². The number of fused-ring (bicyclic) bond motifs is 1. The monoisotopic (exact) mass is 343 g/mol. The number of aromatic amines is 1. The summed E-state index contributed by atoms with van der Waals surface area (Å²) in [6.07, 6.45) is 2.64. The Kier molecular flexibility index (Phi) is 3.80. The molecule has 23 heavy (non-hydrogen) atoms. The molecule has 10 nitrogen and oxygen atoms in total. The van der Waals surface area contributed by atoms with Crippen molar-refractivity contribution in [3.63, 3.8) is 0 Å². The van der Waals surface area contributed by atoms with Crippen molar-refractivity contribution in [2.24, 2.45) is 5.41 Å². The van der Waals surface area contributed by atoms with Crippen LogP contribution in [-0.2, 0) is 9.30 Å². The average molecular weight is 343 g/mol. The summed E-state index contributed by atoms with van der Waals surface area (Å²) in [5.41, 5.74) is 5.53. The minimum atomic E-state index is -4.18. The smallest absolute Gasteiger partial charge is 0.350 e. The van der Waals surface area contributed by atoms with Gasteiger partial charge in [-0.05, 0) is 19.8 Å². The molecule has 2 heterocycles. The SMILES string of the molecule is CC(n1cnc2c(=O)[nH]c(N)nc21)C1(COCP(=O)(O)O)CC1. The van der Waals surface area contributed by atoms with Crippen LogP contribution in [0, 0.1) is 5.41 Å². The lowest BCUT2D eigenvalue weighted by Crippen LogP contribution is -2.23. The van der Waals surface area contributed by atoms with Gasteiger partial charge in [-0.3, -0.25) is 14.3 Å². The number of anilines is 1. The molecule has 0 amide bonds. The first kappa shape index (κ1) is 16.1. The van der Waals surface area contributed by atoms with Crippen molar-refractivity contribution in [2.45, 2.75) is 25.8 Å². The second-order valence-electron chi connectivity index (χ2n) is 5.96. The van der Waals surface area contributed by atoms with Crippen LogP contribution in [-0.4, -0.2) is 42.3 Å². The number of nitrogens with one attached hydrogen (secondary N) is 1. The van der Waals surface area contributed by atoms with Crippen LogP contribution in [0.25, 0.3) is 11.2 Å². The van der Waals surface area contributed by atoms with Gasteiger partial charge in [0.15, 0.2) is 11.2 Å². The van der Waals surface area contributed by atoms with E-state index in [1.165, 1.54) is 6.33 Å². The highest BCUT2D eigenvalue weighted by Gasteiger charge is 2.49. The van der Waals surface area contributed by atoms with Gasteiger partial charge in [-0.15, -0.1) is 0 Å². The summed E-state index contributed by atoms with van der Waals surface area (Å²) in [5, 5.41) is 0. The number of hydrogen-bond acceptors (Lipinski definition) is 6. The number of nitrogens with two attached hydrogens (primary N) is 1. The fourth-order valence-electron chi connectivity index (χ4n) is 2.73. The van der Waals surface area contributed by atoms with Gasteiger partial charge in [0.05, 0.1) is 12.9 Å². The predicted molar refractivity (Wildman–Crippen MR) is 81.8 cm³/mol. The third-order valence-electron chi connectivity index (χ3n) is 4.30. The average Bonchev–Trinajstić information content (AvgIpc) is 3.09. The maximum absolute atomic E-state index is 11.8. The lowest BCUT2D eigenvalue weighted by molar-refractivity contribution is 0.0895. The molecule has 126 valence electrons. The molecule has 0 aliphatic heterocycles. The van der Waals surface area contributed by atoms with Crippen molar-refractivity contribution in [1.29, 1.82) is 0 Å². The number of nitrogen functional groups attached to an aromatic ring is 1. The molecular weight excluding hydrogens is 325 g/mol. The third-order valence-corrected chi connectivity index (χ3v) is 4.81. The molecule has 1 aliphatic carbocycles. The highest BCUT2D eigenvalue weighted by Crippen LogP contribution is 2.55. The van der Waals surface area contributed by atoms with E-state index in [2.05, 4.69) is 15.0 Å². The molecule has 1 atom stereocenters. The van der Waals surface area contributed by atoms with E-state index in [1.54, 1.807) is 4.57 Å². The third kappa shape index (κ3) is 3.16. The highest BCUT2D eigenvalue weighted by atomic mass is 31.2. The lowest BCUT2D eigenvalue weighted by atomic mass is 9.99. The number of hydrogen-bond donors (Lipinski definition) is 4. The predicted octanol–water partition coefficient (Wildman–Crippen LogP) is 0.195. The van der Waals surface area contributed by atoms with Crippen LogP contribution < -0.4 is 11.3 Å². The van der Waals surface area contributed by atoms with Gasteiger partial charge in [-0.25, -0.2) is 4.98 Å². The maximum atomic E-state index is 11.8. The second-order valence-corrected chi connectivity index (χ2v) is 7.54. The number of aromatic nitrogens is 4. The molecule has 0 spiro atoms. The first-order chi connectivity index (χ1) is 10.7. The van der Waals surface area contributed by atoms with Gasteiger partial charge >= 0.3 is 7.60 Å². The standard InChI is InChI=1S/C12H18N5O5P/c1-7(12(2-3-12)4-22-6-23(19,20)21)17-5-14-8-9(17)15-11(13)16-10(8)18/h5,7H,2-4,6H2,1H3,(H2,19,20,21)(H3,13,15,16,18). The Morgan fingerprint density at radius 3 is 2.87 bits per heavy atom. The van der Waals surface area contributed by atoms with E-state index in [4.69, 9.17) is 20.3 Å². The zero-order chi connectivity index (χ0) is 16.8. The van der Waals surface area contributed by atoms with Crippen LogP contribution in [0.1, 0.15) is 25.8 Å². The molecule has 1 saturated carbocycles. The number of imidazole rings is 1. The number of nitrogens with zero attached hydrogens (tertiary/aromatic N) is 3. The van der Waals surface area contributed by atoms with E-state index in [0.717, 1.165) is 12.8 Å². The van der Waals surface area contributed by atoms with Crippen molar-refractivity contribution in [3.8, 4) is 0 Å². The second kappa shape index (κ2) is 5.41. The molecule has 5 N–H and O–H groups in total. The summed E-state index contributed by atoms with van der Waals surface area (Å²) >= 11 is 0. The Bertz CT molecular complexity index is 836. The summed E-state index contributed by atoms with van der Waals surface area (Å²) in [4.78, 5) is 40.2. The molecular formula is C12H18N5O5P. The number of ether oxygens (including phenoxy) is 1. The topological polar surface area (TPSA) is 156 Å². The van der Waals surface area contributed by atoms with Crippen LogP contribution in [0.3, 0.4) is 0 Å². The Balaban J connectivity index is 1.84. The zero-order valence-corrected chi connectivity index (χ0v) is 13.4. The quantitative estimate of drug-likeness (QED) is 0.542. The summed E-state index contributed by atoms with van der Waals surface area (Å²) in [7, 11) is -4.18. The fraction of sp³-hybridized carbons (Fsp3) is 0.583. The Hall–Kier alpha value is -1.74. The van der Waals surface area contributed by atoms with E-state index in [0.29, 0.717) is 5.65 Å². The first-order valence-electron chi connectivity index (χ1n) is 7.06. The lowest BCUT2D eigenvalue weighted by Gasteiger charge is -2.25. The fourth-order valence-corrected chi connectivity index (χ4v) is 3.06. The van der Waals surface area contributed by atoms with Crippen molar-refractivity contribution in [3.05, 3.63) is 16.7 Å². The molecule has 1 aliphatic rings. The van der Waals surface area contributed by atoms with Gasteiger partial charge in [0.25, 0.3) is 5.56 Å². The molecule has 0 saturated heterocycles. The summed E-state index contributed by atoms with van der Waals surface area (Å²) in [6.45, 7) is 2.16. The Labute approximate surface area is 130 Å². The highest BCUT2D eigenvalue weighted by molar-refractivity contribution is 7.51. The number of rotatable bonds is 6. The van der Waals surface area contributed by atoms with Gasteiger partial charge in [0, 0.05) is 11.5 Å². The maximum Gasteiger partial charge on any atom is 0.350 e. The van der Waals surface area contributed by atoms with Crippen molar-refractivity contribution < 1.29 is 19.1 Å². The van der Waals surface area contributed by atoms with E-state index in [-0.39, 0.29) is 29.5 Å². The minimum Gasteiger partial charge on any atom is -0.369 e. The Morgan fingerprint density at radius 1 is 1.57 bits per heavy atom. The summed E-state index contributed by atoms with van der Waals surface area (Å²) in [6, 6.07) is -0.0991.